The molecule has 0 saturated carbocycles. The van der Waals surface area contributed by atoms with Crippen molar-refractivity contribution in [2.75, 3.05) is 5.32 Å². The highest BCUT2D eigenvalue weighted by Crippen LogP contribution is 2.29. The van der Waals surface area contributed by atoms with E-state index in [9.17, 15) is 27.6 Å². The molecule has 0 radical (unpaired) electrons. The third kappa shape index (κ3) is 3.49. The van der Waals surface area contributed by atoms with Gasteiger partial charge in [-0.3, -0.25) is 23.4 Å². The van der Waals surface area contributed by atoms with Gasteiger partial charge in [0.15, 0.2) is 5.69 Å². The summed E-state index contributed by atoms with van der Waals surface area (Å²) >= 11 is 0. The second-order valence-corrected chi connectivity index (χ2v) is 5.55. The van der Waals surface area contributed by atoms with Crippen LogP contribution in [-0.4, -0.2) is 24.8 Å². The summed E-state index contributed by atoms with van der Waals surface area (Å²) in [6.45, 7) is 2.74. The van der Waals surface area contributed by atoms with Gasteiger partial charge in [0.2, 0.25) is 5.91 Å². The lowest BCUT2D eigenvalue weighted by atomic mass is 10.3. The van der Waals surface area contributed by atoms with Gasteiger partial charge in [0, 0.05) is 25.9 Å². The molecule has 0 aromatic carbocycles. The Balaban J connectivity index is 2.32. The van der Waals surface area contributed by atoms with Crippen LogP contribution in [0.15, 0.2) is 21.7 Å². The Morgan fingerprint density at radius 3 is 2.32 bits per heavy atom. The largest absolute Gasteiger partial charge is 0.435 e. The van der Waals surface area contributed by atoms with Crippen LogP contribution < -0.4 is 16.6 Å². The van der Waals surface area contributed by atoms with Gasteiger partial charge in [-0.05, 0) is 19.9 Å². The monoisotopic (exact) mass is 359 g/mol. The van der Waals surface area contributed by atoms with Crippen LogP contribution in [0.2, 0.25) is 0 Å². The average molecular weight is 359 g/mol. The second kappa shape index (κ2) is 6.22. The van der Waals surface area contributed by atoms with Gasteiger partial charge in [0.05, 0.1) is 0 Å². The lowest BCUT2D eigenvalue weighted by molar-refractivity contribution is -0.141. The van der Waals surface area contributed by atoms with Crippen LogP contribution in [0.4, 0.5) is 19.0 Å². The van der Waals surface area contributed by atoms with Crippen molar-refractivity contribution in [2.45, 2.75) is 26.1 Å². The number of anilines is 1. The van der Waals surface area contributed by atoms with E-state index in [-0.39, 0.29) is 11.5 Å². The van der Waals surface area contributed by atoms with Crippen LogP contribution in [0.5, 0.6) is 0 Å². The molecular formula is C14H16F3N5O3. The SMILES string of the molecule is Cc1cc(C(F)(F)F)nn1[C@@H](C)C(=O)Nc1cc(=O)n(C)c(=O)n1C. The quantitative estimate of drug-likeness (QED) is 0.878. The number of carbonyl (C=O) groups excluding carboxylic acids is 1. The van der Waals surface area contributed by atoms with E-state index in [2.05, 4.69) is 10.4 Å². The Labute approximate surface area is 139 Å². The smallest absolute Gasteiger partial charge is 0.310 e. The molecule has 1 amide bonds. The highest BCUT2D eigenvalue weighted by atomic mass is 19.4. The maximum Gasteiger partial charge on any atom is 0.435 e. The van der Waals surface area contributed by atoms with Gasteiger partial charge in [0.1, 0.15) is 11.9 Å². The number of rotatable bonds is 3. The summed E-state index contributed by atoms with van der Waals surface area (Å²) in [5, 5.41) is 5.77. The van der Waals surface area contributed by atoms with Crippen LogP contribution in [0.25, 0.3) is 0 Å². The second-order valence-electron chi connectivity index (χ2n) is 5.55. The van der Waals surface area contributed by atoms with Crippen molar-refractivity contribution in [3.63, 3.8) is 0 Å². The van der Waals surface area contributed by atoms with Crippen molar-refractivity contribution in [3.8, 4) is 0 Å². The van der Waals surface area contributed by atoms with Crippen molar-refractivity contribution >= 4 is 11.7 Å². The van der Waals surface area contributed by atoms with Crippen molar-refractivity contribution < 1.29 is 18.0 Å². The third-order valence-corrected chi connectivity index (χ3v) is 3.74. The molecule has 0 saturated heterocycles. The first kappa shape index (κ1) is 18.5. The number of carbonyl (C=O) groups is 1. The van der Waals surface area contributed by atoms with E-state index in [0.717, 1.165) is 25.9 Å². The lowest BCUT2D eigenvalue weighted by Gasteiger charge is -2.16. The van der Waals surface area contributed by atoms with Crippen LogP contribution in [0.1, 0.15) is 24.4 Å². The Morgan fingerprint density at radius 1 is 1.20 bits per heavy atom. The number of alkyl halides is 3. The number of aromatic nitrogens is 4. The van der Waals surface area contributed by atoms with E-state index < -0.39 is 35.1 Å². The molecule has 2 rings (SSSR count). The number of nitrogens with one attached hydrogen (secondary N) is 1. The lowest BCUT2D eigenvalue weighted by Crippen LogP contribution is -2.38. The fourth-order valence-electron chi connectivity index (χ4n) is 2.21. The van der Waals surface area contributed by atoms with Crippen LogP contribution in [-0.2, 0) is 25.1 Å². The standard InChI is InChI=1S/C14H16F3N5O3/c1-7-5-9(14(15,16)17)19-22(7)8(2)12(24)18-10-6-11(23)21(4)13(25)20(10)3/h5-6,8H,1-4H3,(H,18,24)/t8-/m0/s1. The van der Waals surface area contributed by atoms with Gasteiger partial charge in [-0.25, -0.2) is 4.79 Å². The molecule has 0 fully saturated rings. The molecule has 0 aliphatic heterocycles. The molecule has 1 N–H and O–H groups in total. The van der Waals surface area contributed by atoms with Gasteiger partial charge in [-0.15, -0.1) is 0 Å². The number of nitrogens with zero attached hydrogens (tertiary/aromatic N) is 4. The van der Waals surface area contributed by atoms with E-state index in [1.54, 1.807) is 0 Å². The number of hydrogen-bond donors (Lipinski definition) is 1. The molecule has 1 atom stereocenters. The van der Waals surface area contributed by atoms with E-state index in [1.165, 1.54) is 27.9 Å². The van der Waals surface area contributed by atoms with Crippen LogP contribution >= 0.6 is 0 Å². The molecular weight excluding hydrogens is 343 g/mol. The first-order valence-electron chi connectivity index (χ1n) is 7.14. The Kier molecular flexibility index (Phi) is 4.60. The number of amides is 1. The van der Waals surface area contributed by atoms with Gasteiger partial charge < -0.3 is 5.32 Å². The third-order valence-electron chi connectivity index (χ3n) is 3.74. The Bertz CT molecular complexity index is 939. The summed E-state index contributed by atoms with van der Waals surface area (Å²) in [6, 6.07) is 0.788. The minimum absolute atomic E-state index is 0.0641. The summed E-state index contributed by atoms with van der Waals surface area (Å²) < 4.78 is 41.0. The molecule has 2 aromatic heterocycles. The molecule has 0 bridgehead atoms. The summed E-state index contributed by atoms with van der Waals surface area (Å²) in [5.74, 6) is -0.783. The molecule has 0 spiro atoms. The summed E-state index contributed by atoms with van der Waals surface area (Å²) in [6.07, 6.45) is -4.62. The Hall–Kier alpha value is -2.85. The van der Waals surface area contributed by atoms with Gasteiger partial charge >= 0.3 is 11.9 Å². The van der Waals surface area contributed by atoms with Gasteiger partial charge in [-0.2, -0.15) is 18.3 Å². The highest BCUT2D eigenvalue weighted by Gasteiger charge is 2.35. The Morgan fingerprint density at radius 2 is 1.80 bits per heavy atom. The van der Waals surface area contributed by atoms with E-state index in [4.69, 9.17) is 0 Å². The maximum atomic E-state index is 12.7. The van der Waals surface area contributed by atoms with Gasteiger partial charge in [0.25, 0.3) is 5.56 Å². The van der Waals surface area contributed by atoms with E-state index in [0.29, 0.717) is 0 Å². The summed E-state index contributed by atoms with van der Waals surface area (Å²) in [4.78, 5) is 35.8. The average Bonchev–Trinajstić information content (AvgIpc) is 2.91. The van der Waals surface area contributed by atoms with Crippen LogP contribution in [0, 0.1) is 6.92 Å². The predicted molar refractivity (Wildman–Crippen MR) is 82.2 cm³/mol. The number of aryl methyl sites for hydroxylation is 1. The van der Waals surface area contributed by atoms with Crippen molar-refractivity contribution in [3.05, 3.63) is 44.4 Å². The number of halogens is 3. The first-order chi connectivity index (χ1) is 11.4. The molecule has 25 heavy (non-hydrogen) atoms. The van der Waals surface area contributed by atoms with Crippen LogP contribution in [0.3, 0.4) is 0 Å². The molecule has 0 unspecified atom stereocenters. The maximum absolute atomic E-state index is 12.7. The normalized spacial score (nSPS) is 12.9. The zero-order valence-electron chi connectivity index (χ0n) is 13.9. The fourth-order valence-corrected chi connectivity index (χ4v) is 2.21. The van der Waals surface area contributed by atoms with Crippen molar-refractivity contribution in [1.82, 2.24) is 18.9 Å². The molecule has 2 heterocycles. The predicted octanol–water partition coefficient (Wildman–Crippen LogP) is 0.807. The summed E-state index contributed by atoms with van der Waals surface area (Å²) in [5.41, 5.74) is -2.23. The molecule has 136 valence electrons. The molecule has 8 nitrogen and oxygen atoms in total. The highest BCUT2D eigenvalue weighted by molar-refractivity contribution is 5.92. The van der Waals surface area contributed by atoms with Crippen molar-refractivity contribution in [2.24, 2.45) is 14.1 Å². The minimum atomic E-state index is -4.62. The van der Waals surface area contributed by atoms with Crippen molar-refractivity contribution in [1.29, 1.82) is 0 Å². The zero-order chi connectivity index (χ0) is 19.1. The molecule has 2 aromatic rings. The minimum Gasteiger partial charge on any atom is -0.310 e. The van der Waals surface area contributed by atoms with E-state index in [1.807, 2.05) is 0 Å². The van der Waals surface area contributed by atoms with Gasteiger partial charge in [-0.1, -0.05) is 0 Å². The fraction of sp³-hybridized carbons (Fsp3) is 0.429. The first-order valence-corrected chi connectivity index (χ1v) is 7.14. The van der Waals surface area contributed by atoms with E-state index >= 15 is 0 Å². The summed E-state index contributed by atoms with van der Waals surface area (Å²) in [7, 11) is 2.63. The molecule has 11 heteroatoms. The molecule has 0 aliphatic carbocycles. The molecule has 0 aliphatic rings. The topological polar surface area (TPSA) is 90.9 Å². The zero-order valence-corrected chi connectivity index (χ0v) is 13.9. The number of hydrogen-bond acceptors (Lipinski definition) is 4.